The fourth-order valence-electron chi connectivity index (χ4n) is 1.75. The standard InChI is InChI=1S/C15H9F3N2O5/c16-10-3-1-8(5-12(10)18)15(22)25-7-14(21)19-13-6-9(20(23)24)2-4-11(13)17/h1-6H,7H2,(H,19,21). The highest BCUT2D eigenvalue weighted by Crippen LogP contribution is 2.21. The zero-order valence-corrected chi connectivity index (χ0v) is 12.3. The fraction of sp³-hybridized carbons (Fsp3) is 0.0667. The van der Waals surface area contributed by atoms with Gasteiger partial charge in [0.2, 0.25) is 0 Å². The summed E-state index contributed by atoms with van der Waals surface area (Å²) in [5, 5.41) is 12.6. The SMILES string of the molecule is O=C(COC(=O)c1ccc(F)c(F)c1)Nc1cc([N+](=O)[O-])ccc1F. The number of amides is 1. The highest BCUT2D eigenvalue weighted by Gasteiger charge is 2.16. The molecule has 0 heterocycles. The minimum absolute atomic E-state index is 0.326. The van der Waals surface area contributed by atoms with Crippen molar-refractivity contribution in [1.82, 2.24) is 0 Å². The first-order chi connectivity index (χ1) is 11.8. The molecule has 0 spiro atoms. The lowest BCUT2D eigenvalue weighted by Gasteiger charge is -2.07. The molecule has 2 rings (SSSR count). The van der Waals surface area contributed by atoms with Crippen molar-refractivity contribution in [3.05, 3.63) is 69.5 Å². The molecule has 2 aromatic rings. The molecule has 0 aliphatic carbocycles. The fourth-order valence-corrected chi connectivity index (χ4v) is 1.75. The summed E-state index contributed by atoms with van der Waals surface area (Å²) in [6.07, 6.45) is 0. The second-order valence-electron chi connectivity index (χ2n) is 4.67. The molecule has 1 N–H and O–H groups in total. The molecule has 0 aliphatic heterocycles. The number of ether oxygens (including phenoxy) is 1. The topological polar surface area (TPSA) is 98.5 Å². The van der Waals surface area contributed by atoms with Gasteiger partial charge in [0.1, 0.15) is 5.82 Å². The first kappa shape index (κ1) is 17.9. The molecular formula is C15H9F3N2O5. The summed E-state index contributed by atoms with van der Waals surface area (Å²) in [5.41, 5.74) is -1.24. The largest absolute Gasteiger partial charge is 0.452 e. The Kier molecular flexibility index (Phi) is 5.32. The Morgan fingerprint density at radius 3 is 2.36 bits per heavy atom. The smallest absolute Gasteiger partial charge is 0.338 e. The third kappa shape index (κ3) is 4.53. The van der Waals surface area contributed by atoms with E-state index in [2.05, 4.69) is 4.74 Å². The van der Waals surface area contributed by atoms with E-state index in [9.17, 15) is 32.9 Å². The van der Waals surface area contributed by atoms with Gasteiger partial charge in [0.15, 0.2) is 18.2 Å². The molecule has 2 aromatic carbocycles. The van der Waals surface area contributed by atoms with Gasteiger partial charge in [-0.3, -0.25) is 14.9 Å². The lowest BCUT2D eigenvalue weighted by atomic mass is 10.2. The maximum absolute atomic E-state index is 13.5. The van der Waals surface area contributed by atoms with Crippen molar-refractivity contribution >= 4 is 23.3 Å². The molecule has 0 saturated carbocycles. The van der Waals surface area contributed by atoms with Crippen molar-refractivity contribution < 1.29 is 32.4 Å². The van der Waals surface area contributed by atoms with Gasteiger partial charge in [-0.15, -0.1) is 0 Å². The number of nitro groups is 1. The van der Waals surface area contributed by atoms with Crippen molar-refractivity contribution in [1.29, 1.82) is 0 Å². The third-order valence-electron chi connectivity index (χ3n) is 2.92. The molecule has 130 valence electrons. The molecular weight excluding hydrogens is 345 g/mol. The maximum atomic E-state index is 13.5. The van der Waals surface area contributed by atoms with E-state index in [1.54, 1.807) is 0 Å². The second kappa shape index (κ2) is 7.43. The Morgan fingerprint density at radius 1 is 1.04 bits per heavy atom. The summed E-state index contributed by atoms with van der Waals surface area (Å²) in [4.78, 5) is 33.1. The van der Waals surface area contributed by atoms with Crippen LogP contribution in [0.4, 0.5) is 24.5 Å². The maximum Gasteiger partial charge on any atom is 0.338 e. The van der Waals surface area contributed by atoms with E-state index in [4.69, 9.17) is 0 Å². The van der Waals surface area contributed by atoms with E-state index in [-0.39, 0.29) is 5.56 Å². The molecule has 0 aromatic heterocycles. The lowest BCUT2D eigenvalue weighted by Crippen LogP contribution is -2.21. The Morgan fingerprint density at radius 2 is 1.72 bits per heavy atom. The molecule has 0 atom stereocenters. The number of benzene rings is 2. The van der Waals surface area contributed by atoms with E-state index in [0.29, 0.717) is 12.1 Å². The van der Waals surface area contributed by atoms with Gasteiger partial charge in [0.05, 0.1) is 16.2 Å². The molecule has 0 bridgehead atoms. The summed E-state index contributed by atoms with van der Waals surface area (Å²) in [5.74, 6) is -5.43. The van der Waals surface area contributed by atoms with Crippen molar-refractivity contribution in [3.8, 4) is 0 Å². The Balaban J connectivity index is 1.98. The average Bonchev–Trinajstić information content (AvgIpc) is 2.57. The summed E-state index contributed by atoms with van der Waals surface area (Å²) in [7, 11) is 0. The van der Waals surface area contributed by atoms with Crippen LogP contribution in [0.2, 0.25) is 0 Å². The minimum atomic E-state index is -1.27. The molecule has 25 heavy (non-hydrogen) atoms. The van der Waals surface area contributed by atoms with Crippen molar-refractivity contribution in [2.24, 2.45) is 0 Å². The van der Waals surface area contributed by atoms with Crippen LogP contribution in [-0.4, -0.2) is 23.4 Å². The number of halogens is 3. The zero-order chi connectivity index (χ0) is 18.6. The number of carbonyl (C=O) groups is 2. The van der Waals surface area contributed by atoms with Gasteiger partial charge in [-0.2, -0.15) is 0 Å². The van der Waals surface area contributed by atoms with E-state index >= 15 is 0 Å². The van der Waals surface area contributed by atoms with Crippen LogP contribution in [0.5, 0.6) is 0 Å². The normalized spacial score (nSPS) is 10.2. The number of hydrogen-bond acceptors (Lipinski definition) is 5. The van der Waals surface area contributed by atoms with Gasteiger partial charge in [0, 0.05) is 12.1 Å². The molecule has 0 aliphatic rings. The van der Waals surface area contributed by atoms with Crippen LogP contribution >= 0.6 is 0 Å². The van der Waals surface area contributed by atoms with E-state index in [1.807, 2.05) is 5.32 Å². The summed E-state index contributed by atoms with van der Waals surface area (Å²) < 4.78 is 43.9. The van der Waals surface area contributed by atoms with Crippen LogP contribution in [0.15, 0.2) is 36.4 Å². The number of non-ortho nitro benzene ring substituents is 1. The third-order valence-corrected chi connectivity index (χ3v) is 2.92. The highest BCUT2D eigenvalue weighted by molar-refractivity contribution is 5.95. The van der Waals surface area contributed by atoms with Crippen molar-refractivity contribution in [2.45, 2.75) is 0 Å². The number of rotatable bonds is 5. The van der Waals surface area contributed by atoms with Crippen LogP contribution in [0.25, 0.3) is 0 Å². The van der Waals surface area contributed by atoms with E-state index in [0.717, 1.165) is 24.3 Å². The number of hydrogen-bond donors (Lipinski definition) is 1. The van der Waals surface area contributed by atoms with Crippen molar-refractivity contribution in [2.75, 3.05) is 11.9 Å². The summed E-state index contributed by atoms with van der Waals surface area (Å²) >= 11 is 0. The van der Waals surface area contributed by atoms with Crippen LogP contribution < -0.4 is 5.32 Å². The van der Waals surface area contributed by atoms with Crippen LogP contribution in [0, 0.1) is 27.6 Å². The number of anilines is 1. The molecule has 10 heteroatoms. The molecule has 0 saturated heterocycles. The Hall–Kier alpha value is -3.43. The van der Waals surface area contributed by atoms with E-state index < -0.39 is 52.2 Å². The lowest BCUT2D eigenvalue weighted by molar-refractivity contribution is -0.384. The van der Waals surface area contributed by atoms with Crippen LogP contribution in [0.3, 0.4) is 0 Å². The molecule has 0 radical (unpaired) electrons. The highest BCUT2D eigenvalue weighted by atomic mass is 19.2. The van der Waals surface area contributed by atoms with Gasteiger partial charge >= 0.3 is 5.97 Å². The first-order valence-electron chi connectivity index (χ1n) is 6.64. The van der Waals surface area contributed by atoms with E-state index in [1.165, 1.54) is 0 Å². The Bertz CT molecular complexity index is 857. The van der Waals surface area contributed by atoms with Crippen LogP contribution in [-0.2, 0) is 9.53 Å². The van der Waals surface area contributed by atoms with Gasteiger partial charge < -0.3 is 10.1 Å². The molecule has 0 unspecified atom stereocenters. The monoisotopic (exact) mass is 354 g/mol. The summed E-state index contributed by atoms with van der Waals surface area (Å²) in [6.45, 7) is -0.861. The number of nitro benzene ring substituents is 1. The molecule has 7 nitrogen and oxygen atoms in total. The predicted octanol–water partition coefficient (Wildman–Crippen LogP) is 2.81. The first-order valence-corrected chi connectivity index (χ1v) is 6.64. The number of carbonyl (C=O) groups excluding carboxylic acids is 2. The second-order valence-corrected chi connectivity index (χ2v) is 4.67. The number of nitrogens with one attached hydrogen (secondary N) is 1. The van der Waals surface area contributed by atoms with Crippen molar-refractivity contribution in [3.63, 3.8) is 0 Å². The number of nitrogens with zero attached hydrogens (tertiary/aromatic N) is 1. The minimum Gasteiger partial charge on any atom is -0.452 e. The van der Waals surface area contributed by atoms with Crippen LogP contribution in [0.1, 0.15) is 10.4 Å². The van der Waals surface area contributed by atoms with Gasteiger partial charge in [0.25, 0.3) is 11.6 Å². The van der Waals surface area contributed by atoms with Gasteiger partial charge in [-0.25, -0.2) is 18.0 Å². The Labute approximate surface area is 138 Å². The predicted molar refractivity (Wildman–Crippen MR) is 78.3 cm³/mol. The quantitative estimate of drug-likeness (QED) is 0.506. The molecule has 1 amide bonds. The van der Waals surface area contributed by atoms with Gasteiger partial charge in [-0.05, 0) is 24.3 Å². The zero-order valence-electron chi connectivity index (χ0n) is 12.3. The molecule has 0 fully saturated rings. The van der Waals surface area contributed by atoms with Gasteiger partial charge in [-0.1, -0.05) is 0 Å². The number of esters is 1. The summed E-state index contributed by atoms with van der Waals surface area (Å²) in [6, 6.07) is 4.76. The average molecular weight is 354 g/mol.